The molecule has 0 bridgehead atoms. The van der Waals surface area contributed by atoms with E-state index in [0.29, 0.717) is 5.41 Å². The molecule has 1 aromatic carbocycles. The van der Waals surface area contributed by atoms with Gasteiger partial charge in [0.15, 0.2) is 0 Å². The molecular weight excluding hydrogens is 250 g/mol. The Morgan fingerprint density at radius 3 is 2.47 bits per heavy atom. The summed E-state index contributed by atoms with van der Waals surface area (Å²) in [5.41, 5.74) is 6.26. The molecule has 1 aliphatic carbocycles. The Morgan fingerprint density at radius 2 is 1.79 bits per heavy atom. The lowest BCUT2D eigenvalue weighted by Crippen LogP contribution is -2.31. The maximum absolute atomic E-state index is 3.59. The molecular formula is C17H19NS. The summed E-state index contributed by atoms with van der Waals surface area (Å²) in [5, 5.41) is 3.59. The first kappa shape index (κ1) is 11.7. The van der Waals surface area contributed by atoms with Crippen LogP contribution in [0.2, 0.25) is 0 Å². The van der Waals surface area contributed by atoms with E-state index in [1.54, 1.807) is 10.4 Å². The molecule has 1 nitrogen and oxygen atoms in total. The van der Waals surface area contributed by atoms with E-state index in [2.05, 4.69) is 43.4 Å². The lowest BCUT2D eigenvalue weighted by atomic mass is 9.92. The number of hydrogen-bond acceptors (Lipinski definition) is 2. The van der Waals surface area contributed by atoms with Crippen molar-refractivity contribution in [3.05, 3.63) is 45.8 Å². The van der Waals surface area contributed by atoms with Crippen LogP contribution in [0, 0.1) is 13.8 Å². The average Bonchev–Trinajstić information content (AvgIpc) is 2.98. The molecule has 2 aromatic rings. The number of thiophene rings is 1. The summed E-state index contributed by atoms with van der Waals surface area (Å²) in [7, 11) is 0. The van der Waals surface area contributed by atoms with Crippen molar-refractivity contribution in [1.29, 1.82) is 0 Å². The molecule has 2 heteroatoms. The molecule has 1 saturated carbocycles. The van der Waals surface area contributed by atoms with Gasteiger partial charge in [0.1, 0.15) is 0 Å². The predicted octanol–water partition coefficient (Wildman–Crippen LogP) is 4.17. The van der Waals surface area contributed by atoms with Crippen LogP contribution < -0.4 is 5.32 Å². The summed E-state index contributed by atoms with van der Waals surface area (Å²) >= 11 is 1.99. The standard InChI is InChI=1S/C17H19NS/c1-11-5-12(2)7-13(6-11)15-8-14-16(19-15)9-18-10-17(14)3-4-17/h5-8,18H,3-4,9-10H2,1-2H3. The van der Waals surface area contributed by atoms with Gasteiger partial charge in [-0.3, -0.25) is 0 Å². The average molecular weight is 269 g/mol. The van der Waals surface area contributed by atoms with E-state index in [1.165, 1.54) is 41.0 Å². The van der Waals surface area contributed by atoms with Crippen molar-refractivity contribution in [3.63, 3.8) is 0 Å². The Morgan fingerprint density at radius 1 is 1.05 bits per heavy atom. The summed E-state index contributed by atoms with van der Waals surface area (Å²) < 4.78 is 0. The maximum Gasteiger partial charge on any atom is 0.0349 e. The Balaban J connectivity index is 1.82. The summed E-state index contributed by atoms with van der Waals surface area (Å²) in [6.07, 6.45) is 2.74. The highest BCUT2D eigenvalue weighted by Crippen LogP contribution is 2.53. The minimum atomic E-state index is 0.501. The van der Waals surface area contributed by atoms with Gasteiger partial charge in [-0.25, -0.2) is 0 Å². The summed E-state index contributed by atoms with van der Waals surface area (Å²) in [4.78, 5) is 3.02. The number of nitrogens with one attached hydrogen (secondary N) is 1. The minimum Gasteiger partial charge on any atom is -0.311 e. The molecule has 98 valence electrons. The highest BCUT2D eigenvalue weighted by molar-refractivity contribution is 7.15. The number of hydrogen-bond donors (Lipinski definition) is 1. The Labute approximate surface area is 118 Å². The lowest BCUT2D eigenvalue weighted by Gasteiger charge is -2.22. The first-order valence-electron chi connectivity index (χ1n) is 7.09. The second-order valence-electron chi connectivity index (χ2n) is 6.21. The van der Waals surface area contributed by atoms with Crippen molar-refractivity contribution in [2.75, 3.05) is 6.54 Å². The van der Waals surface area contributed by atoms with E-state index in [-0.39, 0.29) is 0 Å². The zero-order valence-corrected chi connectivity index (χ0v) is 12.4. The van der Waals surface area contributed by atoms with Gasteiger partial charge >= 0.3 is 0 Å². The molecule has 0 radical (unpaired) electrons. The van der Waals surface area contributed by atoms with Gasteiger partial charge in [0.2, 0.25) is 0 Å². The van der Waals surface area contributed by atoms with Gasteiger partial charge in [-0.15, -0.1) is 11.3 Å². The van der Waals surface area contributed by atoms with Crippen LogP contribution in [0.4, 0.5) is 0 Å². The van der Waals surface area contributed by atoms with Gasteiger partial charge in [-0.05, 0) is 43.9 Å². The number of rotatable bonds is 1. The molecule has 1 spiro atoms. The van der Waals surface area contributed by atoms with E-state index in [9.17, 15) is 0 Å². The van der Waals surface area contributed by atoms with Crippen molar-refractivity contribution >= 4 is 11.3 Å². The van der Waals surface area contributed by atoms with E-state index in [4.69, 9.17) is 0 Å². The van der Waals surface area contributed by atoms with Crippen molar-refractivity contribution < 1.29 is 0 Å². The highest BCUT2D eigenvalue weighted by atomic mass is 32.1. The Hall–Kier alpha value is -1.12. The van der Waals surface area contributed by atoms with Gasteiger partial charge in [-0.2, -0.15) is 0 Å². The molecule has 1 fully saturated rings. The van der Waals surface area contributed by atoms with E-state index < -0.39 is 0 Å². The molecule has 0 saturated heterocycles. The van der Waals surface area contributed by atoms with Gasteiger partial charge < -0.3 is 5.32 Å². The van der Waals surface area contributed by atoms with Crippen LogP contribution in [0.1, 0.15) is 34.4 Å². The smallest absolute Gasteiger partial charge is 0.0349 e. The van der Waals surface area contributed by atoms with Gasteiger partial charge in [0, 0.05) is 28.3 Å². The van der Waals surface area contributed by atoms with Crippen molar-refractivity contribution in [3.8, 4) is 10.4 Å². The van der Waals surface area contributed by atoms with E-state index >= 15 is 0 Å². The largest absolute Gasteiger partial charge is 0.311 e. The monoisotopic (exact) mass is 269 g/mol. The topological polar surface area (TPSA) is 12.0 Å². The van der Waals surface area contributed by atoms with Crippen LogP contribution in [0.5, 0.6) is 0 Å². The SMILES string of the molecule is Cc1cc(C)cc(-c2cc3c(s2)CNCC32CC2)c1. The van der Waals surface area contributed by atoms with E-state index in [0.717, 1.165) is 6.54 Å². The lowest BCUT2D eigenvalue weighted by molar-refractivity contribution is 0.539. The third-order valence-corrected chi connectivity index (χ3v) is 5.67. The quantitative estimate of drug-likeness (QED) is 0.819. The highest BCUT2D eigenvalue weighted by Gasteiger charge is 2.47. The van der Waals surface area contributed by atoms with Crippen LogP contribution in [0.3, 0.4) is 0 Å². The maximum atomic E-state index is 3.59. The van der Waals surface area contributed by atoms with Crippen molar-refractivity contribution in [2.45, 2.75) is 38.6 Å². The molecule has 0 amide bonds. The fourth-order valence-corrected chi connectivity index (χ4v) is 4.61. The second-order valence-corrected chi connectivity index (χ2v) is 7.34. The van der Waals surface area contributed by atoms with Crippen molar-refractivity contribution in [1.82, 2.24) is 5.32 Å². The van der Waals surface area contributed by atoms with Gasteiger partial charge in [0.25, 0.3) is 0 Å². The van der Waals surface area contributed by atoms with Crippen LogP contribution in [-0.4, -0.2) is 6.54 Å². The molecule has 4 rings (SSSR count). The fourth-order valence-electron chi connectivity index (χ4n) is 3.38. The second kappa shape index (κ2) is 3.94. The molecule has 0 unspecified atom stereocenters. The zero-order chi connectivity index (χ0) is 13.0. The Bertz CT molecular complexity index is 629. The van der Waals surface area contributed by atoms with Crippen LogP contribution in [-0.2, 0) is 12.0 Å². The Kier molecular flexibility index (Phi) is 2.42. The van der Waals surface area contributed by atoms with Crippen LogP contribution in [0.25, 0.3) is 10.4 Å². The number of fused-ring (bicyclic) bond motifs is 2. The molecule has 1 N–H and O–H groups in total. The third-order valence-electron chi connectivity index (χ3n) is 4.49. The molecule has 0 atom stereocenters. The summed E-state index contributed by atoms with van der Waals surface area (Å²) in [6.45, 7) is 6.62. The zero-order valence-electron chi connectivity index (χ0n) is 11.5. The summed E-state index contributed by atoms with van der Waals surface area (Å²) in [6, 6.07) is 9.36. The van der Waals surface area contributed by atoms with E-state index in [1.807, 2.05) is 11.3 Å². The van der Waals surface area contributed by atoms with Crippen molar-refractivity contribution in [2.24, 2.45) is 0 Å². The molecule has 2 aliphatic rings. The van der Waals surface area contributed by atoms with Gasteiger partial charge in [0.05, 0.1) is 0 Å². The molecule has 19 heavy (non-hydrogen) atoms. The fraction of sp³-hybridized carbons (Fsp3) is 0.412. The molecule has 2 heterocycles. The predicted molar refractivity (Wildman–Crippen MR) is 81.8 cm³/mol. The van der Waals surface area contributed by atoms with Crippen LogP contribution >= 0.6 is 11.3 Å². The third kappa shape index (κ3) is 1.86. The molecule has 1 aromatic heterocycles. The molecule has 1 aliphatic heterocycles. The van der Waals surface area contributed by atoms with Gasteiger partial charge in [-0.1, -0.05) is 29.3 Å². The summed E-state index contributed by atoms with van der Waals surface area (Å²) in [5.74, 6) is 0. The van der Waals surface area contributed by atoms with Crippen LogP contribution in [0.15, 0.2) is 24.3 Å². The normalized spacial score (nSPS) is 19.5. The number of aryl methyl sites for hydroxylation is 2. The first-order chi connectivity index (χ1) is 9.16. The number of benzene rings is 1. The first-order valence-corrected chi connectivity index (χ1v) is 7.91. The minimum absolute atomic E-state index is 0.501.